The minimum atomic E-state index is 0.327. The lowest BCUT2D eigenvalue weighted by Gasteiger charge is -2.22. The van der Waals surface area contributed by atoms with Crippen molar-refractivity contribution in [1.29, 1.82) is 0 Å². The van der Waals surface area contributed by atoms with E-state index in [0.29, 0.717) is 6.04 Å². The molecule has 0 saturated heterocycles. The van der Waals surface area contributed by atoms with Crippen LogP contribution in [0.1, 0.15) is 54.6 Å². The Morgan fingerprint density at radius 3 is 2.40 bits per heavy atom. The van der Waals surface area contributed by atoms with E-state index < -0.39 is 0 Å². The van der Waals surface area contributed by atoms with Gasteiger partial charge in [-0.3, -0.25) is 0 Å². The highest BCUT2D eigenvalue weighted by atomic mass is 32.1. The van der Waals surface area contributed by atoms with Gasteiger partial charge in [0, 0.05) is 0 Å². The van der Waals surface area contributed by atoms with Gasteiger partial charge in [0.25, 0.3) is 0 Å². The van der Waals surface area contributed by atoms with E-state index in [1.54, 1.807) is 11.3 Å². The topological polar surface area (TPSA) is 12.0 Å². The van der Waals surface area contributed by atoms with E-state index in [-0.39, 0.29) is 0 Å². The maximum Gasteiger partial charge on any atom is 0.0590 e. The quantitative estimate of drug-likeness (QED) is 0.798. The van der Waals surface area contributed by atoms with Gasteiger partial charge in [-0.15, -0.1) is 0 Å². The summed E-state index contributed by atoms with van der Waals surface area (Å²) in [7, 11) is 0. The van der Waals surface area contributed by atoms with Crippen LogP contribution < -0.4 is 5.32 Å². The molecule has 1 nitrogen and oxygen atoms in total. The van der Waals surface area contributed by atoms with E-state index in [1.807, 2.05) is 0 Å². The van der Waals surface area contributed by atoms with Crippen LogP contribution in [0.3, 0.4) is 0 Å². The fourth-order valence-electron chi connectivity index (χ4n) is 2.71. The van der Waals surface area contributed by atoms with E-state index in [0.717, 1.165) is 19.4 Å². The van der Waals surface area contributed by atoms with Crippen molar-refractivity contribution in [2.24, 2.45) is 0 Å². The van der Waals surface area contributed by atoms with Crippen LogP contribution in [0.5, 0.6) is 0 Å². The van der Waals surface area contributed by atoms with Crippen LogP contribution in [0.25, 0.3) is 0 Å². The summed E-state index contributed by atoms with van der Waals surface area (Å²) in [6.07, 6.45) is 2.18. The fourth-order valence-corrected chi connectivity index (χ4v) is 3.59. The van der Waals surface area contributed by atoms with Gasteiger partial charge in [-0.2, -0.15) is 11.3 Å². The molecule has 0 spiro atoms. The monoisotopic (exact) mass is 287 g/mol. The molecule has 1 heterocycles. The molecule has 1 aromatic carbocycles. The molecule has 0 aliphatic rings. The first-order chi connectivity index (χ1) is 9.71. The normalized spacial score (nSPS) is 12.6. The highest BCUT2D eigenvalue weighted by Crippen LogP contribution is 2.30. The van der Waals surface area contributed by atoms with Crippen LogP contribution in [0.15, 0.2) is 29.0 Å². The summed E-state index contributed by atoms with van der Waals surface area (Å²) >= 11 is 1.80. The lowest BCUT2D eigenvalue weighted by atomic mass is 9.91. The van der Waals surface area contributed by atoms with Crippen LogP contribution in [-0.4, -0.2) is 6.54 Å². The Morgan fingerprint density at radius 1 is 1.05 bits per heavy atom. The fraction of sp³-hybridized carbons (Fsp3) is 0.444. The number of hydrogen-bond donors (Lipinski definition) is 1. The van der Waals surface area contributed by atoms with E-state index in [9.17, 15) is 0 Å². The molecule has 2 aromatic rings. The second-order valence-corrected chi connectivity index (χ2v) is 5.98. The molecule has 0 radical (unpaired) electrons. The summed E-state index contributed by atoms with van der Waals surface area (Å²) in [6, 6.07) is 7.29. The van der Waals surface area contributed by atoms with Gasteiger partial charge >= 0.3 is 0 Å². The van der Waals surface area contributed by atoms with Gasteiger partial charge in [-0.1, -0.05) is 39.0 Å². The number of rotatable bonds is 6. The summed E-state index contributed by atoms with van der Waals surface area (Å²) in [4.78, 5) is 0. The van der Waals surface area contributed by atoms with E-state index >= 15 is 0 Å². The van der Waals surface area contributed by atoms with Crippen LogP contribution >= 0.6 is 11.3 Å². The predicted molar refractivity (Wildman–Crippen MR) is 89.8 cm³/mol. The summed E-state index contributed by atoms with van der Waals surface area (Å²) in [6.45, 7) is 9.85. The van der Waals surface area contributed by atoms with E-state index in [2.05, 4.69) is 62.0 Å². The second-order valence-electron chi connectivity index (χ2n) is 5.24. The van der Waals surface area contributed by atoms with Crippen molar-refractivity contribution < 1.29 is 0 Å². The number of nitrogens with one attached hydrogen (secondary N) is 1. The highest BCUT2D eigenvalue weighted by Gasteiger charge is 2.18. The molecular formula is C18H25NS. The molecule has 0 aliphatic heterocycles. The molecule has 108 valence electrons. The van der Waals surface area contributed by atoms with Crippen molar-refractivity contribution in [2.45, 2.75) is 46.6 Å². The molecule has 0 aliphatic carbocycles. The van der Waals surface area contributed by atoms with Crippen LogP contribution in [0.2, 0.25) is 0 Å². The van der Waals surface area contributed by atoms with Crippen molar-refractivity contribution >= 4 is 11.3 Å². The molecule has 20 heavy (non-hydrogen) atoms. The number of hydrogen-bond acceptors (Lipinski definition) is 2. The molecule has 1 atom stereocenters. The zero-order chi connectivity index (χ0) is 14.5. The maximum absolute atomic E-state index is 3.67. The lowest BCUT2D eigenvalue weighted by Crippen LogP contribution is -2.23. The average molecular weight is 287 g/mol. The van der Waals surface area contributed by atoms with Gasteiger partial charge in [0.2, 0.25) is 0 Å². The Balaban J connectivity index is 2.50. The van der Waals surface area contributed by atoms with Crippen molar-refractivity contribution in [1.82, 2.24) is 5.32 Å². The molecule has 0 fully saturated rings. The molecule has 2 heteroatoms. The van der Waals surface area contributed by atoms with Crippen molar-refractivity contribution in [3.05, 3.63) is 56.8 Å². The van der Waals surface area contributed by atoms with Crippen molar-refractivity contribution in [3.63, 3.8) is 0 Å². The second kappa shape index (κ2) is 7.05. The number of thiophene rings is 1. The Bertz CT molecular complexity index is 556. The smallest absolute Gasteiger partial charge is 0.0590 e. The Labute approximate surface area is 127 Å². The zero-order valence-corrected chi connectivity index (χ0v) is 13.8. The van der Waals surface area contributed by atoms with Gasteiger partial charge < -0.3 is 5.32 Å². The average Bonchev–Trinajstić information content (AvgIpc) is 2.90. The summed E-state index contributed by atoms with van der Waals surface area (Å²) in [5.41, 5.74) is 7.16. The first-order valence-corrected chi connectivity index (χ1v) is 8.53. The van der Waals surface area contributed by atoms with E-state index in [1.165, 1.54) is 27.8 Å². The van der Waals surface area contributed by atoms with Crippen LogP contribution in [0.4, 0.5) is 0 Å². The van der Waals surface area contributed by atoms with E-state index in [4.69, 9.17) is 0 Å². The molecule has 1 unspecified atom stereocenters. The lowest BCUT2D eigenvalue weighted by molar-refractivity contribution is 0.624. The molecule has 0 amide bonds. The molecule has 2 rings (SSSR count). The largest absolute Gasteiger partial charge is 0.306 e. The zero-order valence-electron chi connectivity index (χ0n) is 13.0. The Kier molecular flexibility index (Phi) is 5.38. The van der Waals surface area contributed by atoms with Gasteiger partial charge in [-0.25, -0.2) is 0 Å². The van der Waals surface area contributed by atoms with Gasteiger partial charge in [0.15, 0.2) is 0 Å². The minimum absolute atomic E-state index is 0.327. The third-order valence-corrected chi connectivity index (χ3v) is 4.80. The number of aryl methyl sites for hydroxylation is 3. The maximum atomic E-state index is 3.67. The van der Waals surface area contributed by atoms with Crippen LogP contribution in [0, 0.1) is 6.92 Å². The third-order valence-electron chi connectivity index (χ3n) is 3.92. The summed E-state index contributed by atoms with van der Waals surface area (Å²) in [5.74, 6) is 0. The van der Waals surface area contributed by atoms with Gasteiger partial charge in [-0.05, 0) is 64.9 Å². The molecule has 0 bridgehead atoms. The molecular weight excluding hydrogens is 262 g/mol. The first kappa shape index (κ1) is 15.3. The first-order valence-electron chi connectivity index (χ1n) is 7.58. The third kappa shape index (κ3) is 3.13. The van der Waals surface area contributed by atoms with Crippen LogP contribution in [-0.2, 0) is 12.8 Å². The number of benzene rings is 1. The summed E-state index contributed by atoms with van der Waals surface area (Å²) < 4.78 is 0. The SMILES string of the molecule is CCNC(c1cscc1C)c1cc(CC)ccc1CC. The standard InChI is InChI=1S/C18H25NS/c1-5-14-8-9-15(6-2)16(10-14)18(19-7-3)17-12-20-11-13(17)4/h8-12,18-19H,5-7H2,1-4H3. The Hall–Kier alpha value is -1.12. The molecule has 1 aromatic heterocycles. The molecule has 1 N–H and O–H groups in total. The van der Waals surface area contributed by atoms with Crippen molar-refractivity contribution in [3.8, 4) is 0 Å². The summed E-state index contributed by atoms with van der Waals surface area (Å²) in [5, 5.41) is 8.21. The Morgan fingerprint density at radius 2 is 1.85 bits per heavy atom. The van der Waals surface area contributed by atoms with Gasteiger partial charge in [0.1, 0.15) is 0 Å². The minimum Gasteiger partial charge on any atom is -0.306 e. The van der Waals surface area contributed by atoms with Crippen molar-refractivity contribution in [2.75, 3.05) is 6.54 Å². The highest BCUT2D eigenvalue weighted by molar-refractivity contribution is 7.08. The predicted octanol–water partition coefficient (Wildman–Crippen LogP) is 4.88. The van der Waals surface area contributed by atoms with Gasteiger partial charge in [0.05, 0.1) is 6.04 Å². The molecule has 0 saturated carbocycles.